The summed E-state index contributed by atoms with van der Waals surface area (Å²) in [6.07, 6.45) is 2.77. The molecule has 0 saturated carbocycles. The van der Waals surface area contributed by atoms with Gasteiger partial charge in [-0.15, -0.1) is 0 Å². The summed E-state index contributed by atoms with van der Waals surface area (Å²) in [6, 6.07) is 0. The van der Waals surface area contributed by atoms with Crippen LogP contribution in [0.3, 0.4) is 0 Å². The van der Waals surface area contributed by atoms with Gasteiger partial charge in [0.15, 0.2) is 5.96 Å². The predicted molar refractivity (Wildman–Crippen MR) is 68.0 cm³/mol. The highest BCUT2D eigenvalue weighted by Gasteiger charge is 2.26. The van der Waals surface area contributed by atoms with Crippen molar-refractivity contribution >= 4 is 11.9 Å². The minimum Gasteiger partial charge on any atom is -0.469 e. The Balaban J connectivity index is 2.42. The van der Waals surface area contributed by atoms with E-state index in [2.05, 4.69) is 22.1 Å². The van der Waals surface area contributed by atoms with Crippen LogP contribution in [0.15, 0.2) is 4.99 Å². The summed E-state index contributed by atoms with van der Waals surface area (Å²) in [6.45, 7) is 4.79. The second-order valence-corrected chi connectivity index (χ2v) is 4.26. The SMILES string of the molecule is CCCNC(=NC)N1CCC(C(=O)OC)CC1. The molecule has 0 aromatic heterocycles. The first-order valence-corrected chi connectivity index (χ1v) is 6.26. The maximum atomic E-state index is 11.4. The topological polar surface area (TPSA) is 53.9 Å². The van der Waals surface area contributed by atoms with Crippen LogP contribution in [0.1, 0.15) is 26.2 Å². The lowest BCUT2D eigenvalue weighted by Crippen LogP contribution is -2.46. The monoisotopic (exact) mass is 241 g/mol. The molecule has 0 bridgehead atoms. The van der Waals surface area contributed by atoms with Gasteiger partial charge in [-0.3, -0.25) is 9.79 Å². The van der Waals surface area contributed by atoms with Crippen LogP contribution >= 0.6 is 0 Å². The molecule has 17 heavy (non-hydrogen) atoms. The Bertz CT molecular complexity index is 271. The van der Waals surface area contributed by atoms with Gasteiger partial charge in [0.1, 0.15) is 0 Å². The molecule has 5 heteroatoms. The van der Waals surface area contributed by atoms with Gasteiger partial charge in [-0.1, -0.05) is 6.92 Å². The Hall–Kier alpha value is -1.26. The summed E-state index contributed by atoms with van der Waals surface area (Å²) in [4.78, 5) is 17.9. The summed E-state index contributed by atoms with van der Waals surface area (Å²) < 4.78 is 4.77. The number of esters is 1. The maximum absolute atomic E-state index is 11.4. The molecule has 0 aliphatic carbocycles. The second kappa shape index (κ2) is 7.14. The van der Waals surface area contributed by atoms with Crippen molar-refractivity contribution in [1.29, 1.82) is 0 Å². The van der Waals surface area contributed by atoms with Crippen molar-refractivity contribution in [2.75, 3.05) is 33.8 Å². The normalized spacial score (nSPS) is 18.1. The van der Waals surface area contributed by atoms with E-state index in [0.29, 0.717) is 0 Å². The smallest absolute Gasteiger partial charge is 0.308 e. The highest BCUT2D eigenvalue weighted by molar-refractivity contribution is 5.80. The third-order valence-corrected chi connectivity index (χ3v) is 3.07. The molecule has 1 fully saturated rings. The van der Waals surface area contributed by atoms with Crippen molar-refractivity contribution < 1.29 is 9.53 Å². The highest BCUT2D eigenvalue weighted by atomic mass is 16.5. The van der Waals surface area contributed by atoms with Crippen LogP contribution < -0.4 is 5.32 Å². The molecule has 1 N–H and O–H groups in total. The van der Waals surface area contributed by atoms with Crippen LogP contribution in [0.4, 0.5) is 0 Å². The summed E-state index contributed by atoms with van der Waals surface area (Å²) in [7, 11) is 3.25. The van der Waals surface area contributed by atoms with E-state index in [1.165, 1.54) is 7.11 Å². The molecule has 98 valence electrons. The Morgan fingerprint density at radius 2 is 2.12 bits per heavy atom. The Morgan fingerprint density at radius 3 is 2.59 bits per heavy atom. The van der Waals surface area contributed by atoms with Gasteiger partial charge in [-0.2, -0.15) is 0 Å². The number of ether oxygens (including phenoxy) is 1. The third kappa shape index (κ3) is 3.91. The minimum atomic E-state index is -0.0823. The number of likely N-dealkylation sites (tertiary alicyclic amines) is 1. The van der Waals surface area contributed by atoms with Gasteiger partial charge in [0.2, 0.25) is 0 Å². The molecule has 1 heterocycles. The molecule has 0 aromatic rings. The minimum absolute atomic E-state index is 0.0560. The third-order valence-electron chi connectivity index (χ3n) is 3.07. The van der Waals surface area contributed by atoms with E-state index in [1.54, 1.807) is 7.05 Å². The number of methoxy groups -OCH3 is 1. The zero-order valence-corrected chi connectivity index (χ0v) is 11.0. The molecule has 5 nitrogen and oxygen atoms in total. The molecule has 0 amide bonds. The number of guanidine groups is 1. The number of nitrogens with one attached hydrogen (secondary N) is 1. The summed E-state index contributed by atoms with van der Waals surface area (Å²) >= 11 is 0. The number of hydrogen-bond donors (Lipinski definition) is 1. The van der Waals surface area contributed by atoms with Gasteiger partial charge in [0.05, 0.1) is 13.0 Å². The van der Waals surface area contributed by atoms with Crippen LogP contribution in [0, 0.1) is 5.92 Å². The predicted octanol–water partition coefficient (Wildman–Crippen LogP) is 0.857. The van der Waals surface area contributed by atoms with E-state index in [1.807, 2.05) is 0 Å². The number of aliphatic imine (C=N–C) groups is 1. The lowest BCUT2D eigenvalue weighted by atomic mass is 9.97. The summed E-state index contributed by atoms with van der Waals surface area (Å²) in [5.74, 6) is 0.914. The molecule has 1 rings (SSSR count). The Kier molecular flexibility index (Phi) is 5.80. The lowest BCUT2D eigenvalue weighted by molar-refractivity contribution is -0.146. The van der Waals surface area contributed by atoms with Crippen molar-refractivity contribution in [2.24, 2.45) is 10.9 Å². The number of piperidine rings is 1. The molecule has 1 aliphatic heterocycles. The van der Waals surface area contributed by atoms with Crippen LogP contribution in [-0.4, -0.2) is 50.6 Å². The van der Waals surface area contributed by atoms with Crippen molar-refractivity contribution in [3.05, 3.63) is 0 Å². The number of carbonyl (C=O) groups is 1. The van der Waals surface area contributed by atoms with E-state index < -0.39 is 0 Å². The number of carbonyl (C=O) groups excluding carboxylic acids is 1. The van der Waals surface area contributed by atoms with Gasteiger partial charge in [0.25, 0.3) is 0 Å². The fourth-order valence-electron chi connectivity index (χ4n) is 2.06. The molecule has 0 unspecified atom stereocenters. The quantitative estimate of drug-likeness (QED) is 0.452. The first kappa shape index (κ1) is 13.8. The van der Waals surface area contributed by atoms with Crippen LogP contribution in [-0.2, 0) is 9.53 Å². The van der Waals surface area contributed by atoms with Crippen molar-refractivity contribution in [3.8, 4) is 0 Å². The molecular weight excluding hydrogens is 218 g/mol. The van der Waals surface area contributed by atoms with E-state index in [-0.39, 0.29) is 11.9 Å². The Labute approximate surface area is 103 Å². The van der Waals surface area contributed by atoms with E-state index in [4.69, 9.17) is 4.74 Å². The molecule has 0 aromatic carbocycles. The number of hydrogen-bond acceptors (Lipinski definition) is 3. The molecule has 1 aliphatic rings. The van der Waals surface area contributed by atoms with Crippen molar-refractivity contribution in [1.82, 2.24) is 10.2 Å². The number of rotatable bonds is 3. The summed E-state index contributed by atoms with van der Waals surface area (Å²) in [5, 5.41) is 3.31. The molecular formula is C12H23N3O2. The molecule has 0 atom stereocenters. The first-order chi connectivity index (χ1) is 8.22. The Morgan fingerprint density at radius 1 is 1.47 bits per heavy atom. The maximum Gasteiger partial charge on any atom is 0.308 e. The van der Waals surface area contributed by atoms with E-state index in [0.717, 1.165) is 44.9 Å². The fourth-order valence-corrected chi connectivity index (χ4v) is 2.06. The van der Waals surface area contributed by atoms with Crippen molar-refractivity contribution in [3.63, 3.8) is 0 Å². The van der Waals surface area contributed by atoms with E-state index in [9.17, 15) is 4.79 Å². The van der Waals surface area contributed by atoms with Gasteiger partial charge >= 0.3 is 5.97 Å². The van der Waals surface area contributed by atoms with Gasteiger partial charge in [0, 0.05) is 26.7 Å². The standard InChI is InChI=1S/C12H23N3O2/c1-4-7-14-12(13-2)15-8-5-10(6-9-15)11(16)17-3/h10H,4-9H2,1-3H3,(H,13,14). The zero-order chi connectivity index (χ0) is 12.7. The van der Waals surface area contributed by atoms with Crippen molar-refractivity contribution in [2.45, 2.75) is 26.2 Å². The van der Waals surface area contributed by atoms with Crippen LogP contribution in [0.5, 0.6) is 0 Å². The number of nitrogens with zero attached hydrogens (tertiary/aromatic N) is 2. The molecule has 0 radical (unpaired) electrons. The average molecular weight is 241 g/mol. The zero-order valence-electron chi connectivity index (χ0n) is 11.0. The largest absolute Gasteiger partial charge is 0.469 e. The van der Waals surface area contributed by atoms with Crippen LogP contribution in [0.2, 0.25) is 0 Å². The van der Waals surface area contributed by atoms with E-state index >= 15 is 0 Å². The second-order valence-electron chi connectivity index (χ2n) is 4.26. The first-order valence-electron chi connectivity index (χ1n) is 6.26. The van der Waals surface area contributed by atoms with Gasteiger partial charge in [-0.05, 0) is 19.3 Å². The molecule has 0 spiro atoms. The highest BCUT2D eigenvalue weighted by Crippen LogP contribution is 2.18. The van der Waals surface area contributed by atoms with Crippen LogP contribution in [0.25, 0.3) is 0 Å². The fraction of sp³-hybridized carbons (Fsp3) is 0.833. The lowest BCUT2D eigenvalue weighted by Gasteiger charge is -2.33. The summed E-state index contributed by atoms with van der Waals surface area (Å²) in [5.41, 5.74) is 0. The average Bonchev–Trinajstić information content (AvgIpc) is 2.39. The van der Waals surface area contributed by atoms with Gasteiger partial charge in [-0.25, -0.2) is 0 Å². The molecule has 1 saturated heterocycles. The van der Waals surface area contributed by atoms with Gasteiger partial charge < -0.3 is 15.0 Å².